The maximum atomic E-state index is 12.9. The van der Waals surface area contributed by atoms with Crippen molar-refractivity contribution in [3.63, 3.8) is 0 Å². The molecule has 0 fully saturated rings. The van der Waals surface area contributed by atoms with E-state index in [9.17, 15) is 117 Å². The number of rotatable bonds is 45. The van der Waals surface area contributed by atoms with E-state index in [1.807, 2.05) is 0 Å². The van der Waals surface area contributed by atoms with E-state index < -0.39 is 163 Å². The Morgan fingerprint density at radius 1 is 0.348 bits per heavy atom. The largest absolute Gasteiger partial charge is 0.491 e. The molecule has 2 aromatic heterocycles. The Morgan fingerprint density at radius 3 is 1.07 bits per heavy atom. The highest BCUT2D eigenvalue weighted by molar-refractivity contribution is 7.88. The molecular weight excluding hydrogens is 2040 g/mol. The van der Waals surface area contributed by atoms with Crippen LogP contribution in [0, 0.1) is 20.8 Å². The van der Waals surface area contributed by atoms with Gasteiger partial charge in [-0.25, -0.2) is 5.10 Å². The van der Waals surface area contributed by atoms with Crippen molar-refractivity contribution in [1.29, 1.82) is 0 Å². The zero-order valence-corrected chi connectivity index (χ0v) is 80.1. The molecule has 53 nitrogen and oxygen atoms in total. The molecule has 2 heterocycles. The summed E-state index contributed by atoms with van der Waals surface area (Å²) in [7, 11) is -42.2. The Balaban J connectivity index is 0.834. The molecule has 15 N–H and O–H groups in total. The van der Waals surface area contributed by atoms with Gasteiger partial charge in [-0.15, -0.1) is 15.3 Å². The number of ether oxygens (including phenoxy) is 3. The Labute approximate surface area is 803 Å². The third-order valence-corrected chi connectivity index (χ3v) is 27.0. The van der Waals surface area contributed by atoms with Gasteiger partial charge >= 0.3 is 0 Å². The fourth-order valence-corrected chi connectivity index (χ4v) is 17.3. The van der Waals surface area contributed by atoms with Gasteiger partial charge in [-0.3, -0.25) is 41.0 Å². The molecule has 11 aromatic rings. The summed E-state index contributed by atoms with van der Waals surface area (Å²) in [5, 5.41) is 69.6. The van der Waals surface area contributed by atoms with Crippen LogP contribution in [0.15, 0.2) is 279 Å². The van der Waals surface area contributed by atoms with Gasteiger partial charge in [0.2, 0.25) is 29.7 Å². The zero-order chi connectivity index (χ0) is 102. The lowest BCUT2D eigenvalue weighted by Gasteiger charge is -2.18. The molecule has 1 unspecified atom stereocenters. The van der Waals surface area contributed by atoms with E-state index in [0.717, 1.165) is 60.7 Å². The van der Waals surface area contributed by atoms with Gasteiger partial charge in [0.1, 0.15) is 43.7 Å². The summed E-state index contributed by atoms with van der Waals surface area (Å²) in [6.07, 6.45) is 1.23. The molecule has 0 aliphatic heterocycles. The third kappa shape index (κ3) is 31.9. The highest BCUT2D eigenvalue weighted by Crippen LogP contribution is 2.43. The van der Waals surface area contributed by atoms with Crippen LogP contribution in [0.2, 0.25) is 0 Å². The van der Waals surface area contributed by atoms with Gasteiger partial charge in [0, 0.05) is 37.7 Å². The van der Waals surface area contributed by atoms with Gasteiger partial charge in [0.25, 0.3) is 91.1 Å². The summed E-state index contributed by atoms with van der Waals surface area (Å²) in [4.78, 5) is 15.6. The lowest BCUT2D eigenvalue weighted by Crippen LogP contribution is -2.24. The number of aromatic nitrogens is 6. The van der Waals surface area contributed by atoms with Crippen molar-refractivity contribution in [2.24, 2.45) is 61.4 Å². The first-order valence-electron chi connectivity index (χ1n) is 40.2. The number of aryl methyl sites for hydroxylation is 3. The topological polar surface area (TPSA) is 806 Å². The van der Waals surface area contributed by atoms with Crippen molar-refractivity contribution in [2.75, 3.05) is 63.7 Å². The maximum absolute atomic E-state index is 12.9. The predicted octanol–water partition coefficient (Wildman–Crippen LogP) is 15.5. The number of hydrogen-bond acceptors (Lipinski definition) is 43. The predicted molar refractivity (Wildman–Crippen MR) is 503 cm³/mol. The number of azo groups is 6. The Hall–Kier alpha value is -14.2. The second-order valence-corrected chi connectivity index (χ2v) is 43.3. The minimum absolute atomic E-state index is 0.00527. The highest BCUT2D eigenvalue weighted by atomic mass is 32.3. The average molecular weight is 2120 g/mol. The highest BCUT2D eigenvalue weighted by Gasteiger charge is 2.32. The molecule has 744 valence electrons. The van der Waals surface area contributed by atoms with Crippen molar-refractivity contribution in [3.8, 4) is 17.2 Å². The number of benzene rings is 9. The van der Waals surface area contributed by atoms with Crippen LogP contribution in [-0.4, -0.2) is 189 Å². The number of nitrogens with one attached hydrogen (secondary N) is 6. The van der Waals surface area contributed by atoms with Crippen LogP contribution >= 0.6 is 0 Å². The molecule has 9 aromatic carbocycles. The molecule has 1 aliphatic rings. The first kappa shape index (κ1) is 106. The molecule has 62 heteroatoms. The average Bonchev–Trinajstić information content (AvgIpc) is 1.57. The van der Waals surface area contributed by atoms with Gasteiger partial charge in [-0.05, 0) is 207 Å². The van der Waals surface area contributed by atoms with Gasteiger partial charge in [-0.1, -0.05) is 24.3 Å². The minimum atomic E-state index is -5.11. The van der Waals surface area contributed by atoms with Crippen molar-refractivity contribution < 1.29 is 131 Å². The second-order valence-electron chi connectivity index (χ2n) is 29.9. The summed E-state index contributed by atoms with van der Waals surface area (Å²) in [5.74, 6) is -3.16. The third-order valence-electron chi connectivity index (χ3n) is 19.1. The summed E-state index contributed by atoms with van der Waals surface area (Å²) in [5.41, 5.74) is 1.40. The molecule has 0 amide bonds. The summed E-state index contributed by atoms with van der Waals surface area (Å²) in [6.45, 7) is 3.59. The van der Waals surface area contributed by atoms with Crippen molar-refractivity contribution in [3.05, 3.63) is 221 Å². The lowest BCUT2D eigenvalue weighted by molar-refractivity contribution is 0.317. The molecular formula is C79H79N23O30S9. The van der Waals surface area contributed by atoms with E-state index >= 15 is 0 Å². The van der Waals surface area contributed by atoms with Crippen LogP contribution < -0.4 is 40.8 Å². The Morgan fingerprint density at radius 2 is 0.695 bits per heavy atom. The van der Waals surface area contributed by atoms with E-state index in [2.05, 4.69) is 118 Å². The first-order valence-corrected chi connectivity index (χ1v) is 53.7. The molecule has 0 saturated heterocycles. The van der Waals surface area contributed by atoms with Gasteiger partial charge in [-0.2, -0.15) is 147 Å². The Kier molecular flexibility index (Phi) is 33.4. The van der Waals surface area contributed by atoms with Crippen molar-refractivity contribution >= 4 is 195 Å². The molecule has 141 heavy (non-hydrogen) atoms. The van der Waals surface area contributed by atoms with Crippen LogP contribution in [0.1, 0.15) is 53.5 Å². The molecule has 1 atom stereocenters. The first-order chi connectivity index (χ1) is 66.1. The number of aromatic amines is 1. The van der Waals surface area contributed by atoms with Crippen LogP contribution in [0.4, 0.5) is 104 Å². The van der Waals surface area contributed by atoms with Crippen molar-refractivity contribution in [1.82, 2.24) is 30.1 Å². The number of allylic oxidation sites excluding steroid dienone is 3. The number of anilines is 8. The molecule has 12 rings (SSSR count). The summed E-state index contributed by atoms with van der Waals surface area (Å²) < 4.78 is 323. The van der Waals surface area contributed by atoms with Gasteiger partial charge in [0.15, 0.2) is 0 Å². The molecule has 0 bridgehead atoms. The smallest absolute Gasteiger partial charge is 0.296 e. The maximum Gasteiger partial charge on any atom is 0.296 e. The fourth-order valence-electron chi connectivity index (χ4n) is 12.3. The number of nitrogens with zero attached hydrogens (tertiary/aromatic N) is 17. The van der Waals surface area contributed by atoms with Crippen molar-refractivity contribution in [2.45, 2.75) is 89.3 Å². The normalized spacial score (nSPS) is 13.9. The quantitative estimate of drug-likeness (QED) is 0.00957. The van der Waals surface area contributed by atoms with Crippen LogP contribution in [-0.2, 0) is 104 Å². The van der Waals surface area contributed by atoms with Gasteiger partial charge < -0.3 is 40.8 Å². The number of hydrogen-bond donors (Lipinski definition) is 15. The van der Waals surface area contributed by atoms with E-state index in [0.29, 0.717) is 16.7 Å². The minimum Gasteiger partial charge on any atom is -0.491 e. The molecule has 1 aliphatic carbocycles. The van der Waals surface area contributed by atoms with Crippen LogP contribution in [0.5, 0.6) is 17.2 Å². The van der Waals surface area contributed by atoms with E-state index in [1.165, 1.54) is 104 Å². The van der Waals surface area contributed by atoms with E-state index in [1.54, 1.807) is 38.1 Å². The van der Waals surface area contributed by atoms with Crippen LogP contribution in [0.25, 0.3) is 0 Å². The number of H-pyrrole nitrogens is 1. The SMILES string of the molecule is Cc1cc(Nc2nc(NCc3cccc(CNc4n[nH]c(Nc5cc(C)c(/N=N\c6ccc(N=Nc7ccc(S(=O)(=O)O)cc7)cc6S(=O)(=O)O)cc5OCCCS(=O)(=O)O)n4)c3)nc(Nc3cc(C)c(/N=N\C4=CC=C(N=Nc5ccc(S(=O)(=O)O)cc5)CC4S(=O)(=O)O)cc3OCCCS(=O)(=O)O)n2)c(OCCCS(=O)(=O)O)cc1N=Nc1ccc(N=Nc2ccc(S(=O)(=O)O)cc2)cc1S(=O)(=O)O. The van der Waals surface area contributed by atoms with Gasteiger partial charge in [0.05, 0.1) is 126 Å². The lowest BCUT2D eigenvalue weighted by atomic mass is 10.1. The summed E-state index contributed by atoms with van der Waals surface area (Å²) in [6, 6.07) is 35.5. The zero-order valence-electron chi connectivity index (χ0n) is 72.8. The molecule has 0 saturated carbocycles. The Bertz CT molecular complexity index is 8010. The second kappa shape index (κ2) is 44.5. The monoisotopic (exact) mass is 2120 g/mol. The molecule has 0 radical (unpaired) electrons. The standard InChI is InChI=1S/C79H79N23O30S9/c1-46-34-66(69(130-28-5-31-133(103,104)105)41-63(46)98-95-60-25-16-54(38-72(60)139(121,122)123)92-89-51-10-19-57(20-11-51)136(112,113)114)82-77-85-75(86-78(88-77)83-67-35-47(2)64(42-70(67)131-29-6-32-134(106,107)108)99-96-61-26-17-55(39-73(61)140(124,125)126)93-90-52-12-21-58(22-13-52)137(115,116)117)80-44-49-8-4-9-50(37-49)45-81-76-87-79(102-101-76)84-68-36-48(3)65(43-71(68)132-30-7-33-135(109,110)111)100-97-62-27-18-56(40-74(62)141(127,128)129)94-91-53-14-23-59(24-15-53)138(118,119)120/h4,8-27,34-38,40-43,73H,5-7,28-33,39,44-45H2,1-3H3,(H,103,104,105)(H,106,107,108)(H,109,110,111)(H,112,113,114)(H,115,116,117)(H,118,119,120)(H,121,122,123)(H,124,125,126)(H,127,128,129)(H3,81,84,87,101,102)(H3,80,82,83,85,86,88)/b92-89?,93-90?,94-91?,98-95?,99-96-,100-97-. The molecule has 0 spiro atoms. The fraction of sp³-hybridized carbons (Fsp3) is 0.203. The van der Waals surface area contributed by atoms with E-state index in [4.69, 9.17) is 14.2 Å². The van der Waals surface area contributed by atoms with E-state index in [-0.39, 0.29) is 177 Å². The summed E-state index contributed by atoms with van der Waals surface area (Å²) >= 11 is 0. The van der Waals surface area contributed by atoms with Crippen LogP contribution in [0.3, 0.4) is 0 Å².